The lowest BCUT2D eigenvalue weighted by Crippen LogP contribution is -2.34. The van der Waals surface area contributed by atoms with Crippen LogP contribution in [0.2, 0.25) is 0 Å². The Hall–Kier alpha value is -1.11. The highest BCUT2D eigenvalue weighted by molar-refractivity contribution is 7.89. The molecule has 0 radical (unpaired) electrons. The molecular weight excluding hydrogens is 278 g/mol. The fraction of sp³-hybridized carbons (Fsp3) is 0.571. The molecule has 0 aromatic heterocycles. The van der Waals surface area contributed by atoms with E-state index in [1.165, 1.54) is 12.1 Å². The summed E-state index contributed by atoms with van der Waals surface area (Å²) in [4.78, 5) is 0.164. The second-order valence-electron chi connectivity index (χ2n) is 5.11. The van der Waals surface area contributed by atoms with E-state index >= 15 is 0 Å². The van der Waals surface area contributed by atoms with Gasteiger partial charge in [0.05, 0.1) is 18.1 Å². The Morgan fingerprint density at radius 2 is 2.15 bits per heavy atom. The number of nitrogens with one attached hydrogen (secondary N) is 1. The molecular formula is C14H21NO4S. The van der Waals surface area contributed by atoms with Gasteiger partial charge >= 0.3 is 0 Å². The Labute approximate surface area is 120 Å². The number of ether oxygens (including phenoxy) is 1. The Morgan fingerprint density at radius 3 is 2.70 bits per heavy atom. The van der Waals surface area contributed by atoms with Crippen LogP contribution in [0.25, 0.3) is 0 Å². The van der Waals surface area contributed by atoms with Crippen LogP contribution in [-0.4, -0.2) is 26.2 Å². The van der Waals surface area contributed by atoms with Crippen LogP contribution in [0.4, 0.5) is 0 Å². The van der Waals surface area contributed by atoms with Crippen LogP contribution in [0.3, 0.4) is 0 Å². The lowest BCUT2D eigenvalue weighted by atomic mass is 10.2. The third-order valence-electron chi connectivity index (χ3n) is 3.48. The second-order valence-corrected chi connectivity index (χ2v) is 6.82. The Balaban J connectivity index is 2.22. The first-order valence-electron chi connectivity index (χ1n) is 6.87. The molecule has 1 aliphatic rings. The number of aliphatic hydroxyl groups excluding tert-OH is 1. The monoisotopic (exact) mass is 299 g/mol. The fourth-order valence-electron chi connectivity index (χ4n) is 2.15. The zero-order valence-electron chi connectivity index (χ0n) is 11.8. The molecule has 1 unspecified atom stereocenters. The summed E-state index contributed by atoms with van der Waals surface area (Å²) in [7, 11) is -3.55. The SMILES string of the molecule is CCOc1ccc(S(=O)(=O)NC(C)C2CC2)cc1CO. The zero-order valence-corrected chi connectivity index (χ0v) is 12.6. The summed E-state index contributed by atoms with van der Waals surface area (Å²) in [5.74, 6) is 0.967. The van der Waals surface area contributed by atoms with Gasteiger partial charge in [-0.2, -0.15) is 0 Å². The highest BCUT2D eigenvalue weighted by atomic mass is 32.2. The first-order chi connectivity index (χ1) is 9.47. The van der Waals surface area contributed by atoms with Crippen LogP contribution >= 0.6 is 0 Å². The van der Waals surface area contributed by atoms with Crippen molar-refractivity contribution in [3.05, 3.63) is 23.8 Å². The molecule has 1 saturated carbocycles. The van der Waals surface area contributed by atoms with Crippen molar-refractivity contribution >= 4 is 10.0 Å². The van der Waals surface area contributed by atoms with Crippen molar-refractivity contribution in [1.82, 2.24) is 4.72 Å². The maximum absolute atomic E-state index is 12.3. The van der Waals surface area contributed by atoms with Gasteiger partial charge in [-0.05, 0) is 50.8 Å². The molecule has 1 atom stereocenters. The van der Waals surface area contributed by atoms with Crippen LogP contribution < -0.4 is 9.46 Å². The van der Waals surface area contributed by atoms with E-state index in [2.05, 4.69) is 4.72 Å². The molecule has 0 spiro atoms. The van der Waals surface area contributed by atoms with Gasteiger partial charge in [0.2, 0.25) is 10.0 Å². The van der Waals surface area contributed by atoms with Gasteiger partial charge in [-0.25, -0.2) is 13.1 Å². The molecule has 1 aromatic carbocycles. The van der Waals surface area contributed by atoms with Crippen molar-refractivity contribution < 1.29 is 18.3 Å². The molecule has 112 valence electrons. The Bertz CT molecular complexity index is 567. The smallest absolute Gasteiger partial charge is 0.240 e. The predicted octanol–water partition coefficient (Wildman–Crippen LogP) is 1.65. The summed E-state index contributed by atoms with van der Waals surface area (Å²) in [5, 5.41) is 9.32. The van der Waals surface area contributed by atoms with Crippen molar-refractivity contribution in [2.24, 2.45) is 5.92 Å². The highest BCUT2D eigenvalue weighted by Gasteiger charge is 2.31. The van der Waals surface area contributed by atoms with Crippen molar-refractivity contribution in [2.45, 2.75) is 44.2 Å². The fourth-order valence-corrected chi connectivity index (χ4v) is 3.51. The number of rotatable bonds is 7. The van der Waals surface area contributed by atoms with Gasteiger partial charge in [0.25, 0.3) is 0 Å². The largest absolute Gasteiger partial charge is 0.494 e. The van der Waals surface area contributed by atoms with Gasteiger partial charge in [-0.1, -0.05) is 0 Å². The van der Waals surface area contributed by atoms with Gasteiger partial charge < -0.3 is 9.84 Å². The maximum atomic E-state index is 12.3. The lowest BCUT2D eigenvalue weighted by molar-refractivity contribution is 0.266. The van der Waals surface area contributed by atoms with Crippen molar-refractivity contribution in [2.75, 3.05) is 6.61 Å². The second kappa shape index (κ2) is 6.11. The molecule has 1 aromatic rings. The molecule has 0 heterocycles. The van der Waals surface area contributed by atoms with Crippen LogP contribution in [0.15, 0.2) is 23.1 Å². The van der Waals surface area contributed by atoms with Gasteiger partial charge in [-0.3, -0.25) is 0 Å². The highest BCUT2D eigenvalue weighted by Crippen LogP contribution is 2.33. The summed E-state index contributed by atoms with van der Waals surface area (Å²) in [6, 6.07) is 4.51. The van der Waals surface area contributed by atoms with Gasteiger partial charge in [0, 0.05) is 11.6 Å². The molecule has 2 rings (SSSR count). The molecule has 1 aliphatic carbocycles. The van der Waals surface area contributed by atoms with E-state index in [1.54, 1.807) is 6.07 Å². The van der Waals surface area contributed by atoms with Gasteiger partial charge in [-0.15, -0.1) is 0 Å². The Kier molecular flexibility index (Phi) is 4.67. The summed E-state index contributed by atoms with van der Waals surface area (Å²) in [6.45, 7) is 3.94. The average Bonchev–Trinajstić information content (AvgIpc) is 3.23. The molecule has 0 aliphatic heterocycles. The summed E-state index contributed by atoms with van der Waals surface area (Å²) in [6.07, 6.45) is 2.16. The van der Waals surface area contributed by atoms with E-state index < -0.39 is 10.0 Å². The predicted molar refractivity (Wildman–Crippen MR) is 76.0 cm³/mol. The number of hydrogen-bond donors (Lipinski definition) is 2. The first kappa shape index (κ1) is 15.3. The number of aliphatic hydroxyl groups is 1. The van der Waals surface area contributed by atoms with E-state index in [9.17, 15) is 13.5 Å². The molecule has 1 fully saturated rings. The molecule has 0 saturated heterocycles. The van der Waals surface area contributed by atoms with Crippen molar-refractivity contribution in [1.29, 1.82) is 0 Å². The van der Waals surface area contributed by atoms with Gasteiger partial charge in [0.15, 0.2) is 0 Å². The molecule has 6 heteroatoms. The minimum absolute atomic E-state index is 0.0517. The summed E-state index contributed by atoms with van der Waals surface area (Å²) in [5.41, 5.74) is 0.480. The third-order valence-corrected chi connectivity index (χ3v) is 5.04. The number of hydrogen-bond acceptors (Lipinski definition) is 4. The quantitative estimate of drug-likeness (QED) is 0.803. The number of benzene rings is 1. The van der Waals surface area contributed by atoms with E-state index in [1.807, 2.05) is 13.8 Å². The van der Waals surface area contributed by atoms with Crippen molar-refractivity contribution in [3.63, 3.8) is 0 Å². The van der Waals surface area contributed by atoms with E-state index in [0.29, 0.717) is 23.8 Å². The number of sulfonamides is 1. The zero-order chi connectivity index (χ0) is 14.8. The Morgan fingerprint density at radius 1 is 1.45 bits per heavy atom. The van der Waals surface area contributed by atoms with Crippen LogP contribution in [0.5, 0.6) is 5.75 Å². The van der Waals surface area contributed by atoms with Crippen LogP contribution in [0.1, 0.15) is 32.3 Å². The van der Waals surface area contributed by atoms with E-state index in [4.69, 9.17) is 4.74 Å². The van der Waals surface area contributed by atoms with Crippen LogP contribution in [0, 0.1) is 5.92 Å². The normalized spacial score (nSPS) is 16.9. The third kappa shape index (κ3) is 3.50. The minimum Gasteiger partial charge on any atom is -0.494 e. The molecule has 20 heavy (non-hydrogen) atoms. The standard InChI is InChI=1S/C14H21NO4S/c1-3-19-14-7-6-13(8-12(14)9-16)20(17,18)15-10(2)11-4-5-11/h6-8,10-11,15-16H,3-5,9H2,1-2H3. The van der Waals surface area contributed by atoms with Crippen molar-refractivity contribution in [3.8, 4) is 5.75 Å². The molecule has 5 nitrogen and oxygen atoms in total. The average molecular weight is 299 g/mol. The first-order valence-corrected chi connectivity index (χ1v) is 8.35. The van der Waals surface area contributed by atoms with Crippen LogP contribution in [-0.2, 0) is 16.6 Å². The lowest BCUT2D eigenvalue weighted by Gasteiger charge is -2.15. The van der Waals surface area contributed by atoms with E-state index in [0.717, 1.165) is 12.8 Å². The maximum Gasteiger partial charge on any atom is 0.240 e. The van der Waals surface area contributed by atoms with E-state index in [-0.39, 0.29) is 17.5 Å². The summed E-state index contributed by atoms with van der Waals surface area (Å²) < 4.78 is 32.6. The topological polar surface area (TPSA) is 75.6 Å². The molecule has 0 bridgehead atoms. The molecule has 2 N–H and O–H groups in total. The minimum atomic E-state index is -3.55. The molecule has 0 amide bonds. The summed E-state index contributed by atoms with van der Waals surface area (Å²) >= 11 is 0. The van der Waals surface area contributed by atoms with Gasteiger partial charge in [0.1, 0.15) is 5.75 Å².